The number of aromatic nitrogens is 2. The topological polar surface area (TPSA) is 59.2 Å². The van der Waals surface area contributed by atoms with Crippen LogP contribution in [0.25, 0.3) is 22.4 Å². The minimum absolute atomic E-state index is 0.0370. The molecule has 8 heteroatoms. The molecule has 0 spiro atoms. The summed E-state index contributed by atoms with van der Waals surface area (Å²) >= 11 is 0. The first-order valence-corrected chi connectivity index (χ1v) is 9.48. The minimum Gasteiger partial charge on any atom is -0.338 e. The van der Waals surface area contributed by atoms with Crippen LogP contribution in [0.1, 0.15) is 41.4 Å². The molecule has 1 unspecified atom stereocenters. The van der Waals surface area contributed by atoms with Gasteiger partial charge in [-0.3, -0.25) is 4.79 Å². The van der Waals surface area contributed by atoms with Gasteiger partial charge < -0.3 is 9.42 Å². The third-order valence-corrected chi connectivity index (χ3v) is 5.30. The molecule has 1 aromatic carbocycles. The van der Waals surface area contributed by atoms with Gasteiger partial charge in [-0.25, -0.2) is 4.98 Å². The molecule has 0 radical (unpaired) electrons. The number of pyridine rings is 1. The number of fused-ring (bicyclic) bond motifs is 1. The third kappa shape index (κ3) is 3.59. The number of aryl methyl sites for hydroxylation is 1. The zero-order chi connectivity index (χ0) is 20.8. The Morgan fingerprint density at radius 1 is 1.28 bits per heavy atom. The molecular weight excluding hydrogens is 383 g/mol. The smallest absolute Gasteiger partial charge is 0.338 e. The third-order valence-electron chi connectivity index (χ3n) is 5.30. The lowest BCUT2D eigenvalue weighted by molar-refractivity contribution is -0.137. The Morgan fingerprint density at radius 2 is 2.03 bits per heavy atom. The number of benzene rings is 1. The van der Waals surface area contributed by atoms with Crippen LogP contribution in [0.15, 0.2) is 34.9 Å². The predicted octanol–water partition coefficient (Wildman–Crippen LogP) is 5.09. The number of nitrogens with zero attached hydrogens (tertiary/aromatic N) is 3. The number of carbonyl (C=O) groups is 1. The van der Waals surface area contributed by atoms with Crippen LogP contribution in [0.4, 0.5) is 13.2 Å². The van der Waals surface area contributed by atoms with Gasteiger partial charge in [0.25, 0.3) is 11.6 Å². The highest BCUT2D eigenvalue weighted by Gasteiger charge is 2.34. The van der Waals surface area contributed by atoms with E-state index < -0.39 is 11.7 Å². The van der Waals surface area contributed by atoms with Crippen LogP contribution in [0.5, 0.6) is 0 Å². The Morgan fingerprint density at radius 3 is 2.76 bits per heavy atom. The molecular formula is C21H20F3N3O2. The minimum atomic E-state index is -4.54. The van der Waals surface area contributed by atoms with Crippen LogP contribution >= 0.6 is 0 Å². The molecule has 0 bridgehead atoms. The average Bonchev–Trinajstić information content (AvgIpc) is 3.07. The molecule has 1 amide bonds. The maximum absolute atomic E-state index is 13.5. The molecule has 152 valence electrons. The van der Waals surface area contributed by atoms with E-state index in [2.05, 4.69) is 17.1 Å². The number of hydrogen-bond acceptors (Lipinski definition) is 4. The summed E-state index contributed by atoms with van der Waals surface area (Å²) in [6, 6.07) is 6.61. The molecule has 1 aliphatic heterocycles. The van der Waals surface area contributed by atoms with Crippen molar-refractivity contribution in [3.05, 3.63) is 47.2 Å². The molecule has 1 atom stereocenters. The number of likely N-dealkylation sites (tertiary alicyclic amines) is 1. The number of amides is 1. The second kappa shape index (κ2) is 7.17. The van der Waals surface area contributed by atoms with E-state index >= 15 is 0 Å². The second-order valence-electron chi connectivity index (χ2n) is 7.55. The highest BCUT2D eigenvalue weighted by atomic mass is 19.4. The lowest BCUT2D eigenvalue weighted by atomic mass is 9.97. The number of hydrogen-bond donors (Lipinski definition) is 0. The molecule has 1 aliphatic rings. The van der Waals surface area contributed by atoms with E-state index in [0.717, 1.165) is 18.9 Å². The van der Waals surface area contributed by atoms with Crippen LogP contribution in [-0.2, 0) is 6.18 Å². The zero-order valence-corrected chi connectivity index (χ0v) is 16.1. The predicted molar refractivity (Wildman–Crippen MR) is 101 cm³/mol. The zero-order valence-electron chi connectivity index (χ0n) is 16.1. The van der Waals surface area contributed by atoms with Crippen LogP contribution in [0.2, 0.25) is 0 Å². The maximum Gasteiger partial charge on any atom is 0.417 e. The van der Waals surface area contributed by atoms with E-state index in [1.807, 2.05) is 0 Å². The van der Waals surface area contributed by atoms with Crippen molar-refractivity contribution in [3.63, 3.8) is 0 Å². The first-order valence-electron chi connectivity index (χ1n) is 9.48. The van der Waals surface area contributed by atoms with Crippen molar-refractivity contribution in [1.29, 1.82) is 0 Å². The summed E-state index contributed by atoms with van der Waals surface area (Å²) in [5, 5.41) is 4.32. The van der Waals surface area contributed by atoms with Gasteiger partial charge in [-0.1, -0.05) is 30.3 Å². The Bertz CT molecular complexity index is 1070. The van der Waals surface area contributed by atoms with Gasteiger partial charge in [0.2, 0.25) is 0 Å². The fourth-order valence-corrected chi connectivity index (χ4v) is 3.90. The fraction of sp³-hybridized carbons (Fsp3) is 0.381. The van der Waals surface area contributed by atoms with Crippen LogP contribution in [0, 0.1) is 12.8 Å². The lowest BCUT2D eigenvalue weighted by Gasteiger charge is -2.31. The van der Waals surface area contributed by atoms with Crippen molar-refractivity contribution in [3.8, 4) is 11.3 Å². The van der Waals surface area contributed by atoms with Gasteiger partial charge >= 0.3 is 6.18 Å². The standard InChI is InChI=1S/C21H20F3N3O2/c1-12-6-5-9-27(11-12)20(28)15-10-17(25-19-18(15)13(2)26-29-19)14-7-3-4-8-16(14)21(22,23)24/h3-4,7-8,10,12H,5-6,9,11H2,1-2H3. The van der Waals surface area contributed by atoms with Crippen molar-refractivity contribution in [1.82, 2.24) is 15.0 Å². The summed E-state index contributed by atoms with van der Waals surface area (Å²) in [4.78, 5) is 19.3. The van der Waals surface area contributed by atoms with Crippen LogP contribution in [0.3, 0.4) is 0 Å². The van der Waals surface area contributed by atoms with E-state index in [1.54, 1.807) is 11.8 Å². The van der Waals surface area contributed by atoms with Gasteiger partial charge in [0.15, 0.2) is 0 Å². The molecule has 0 saturated carbocycles. The quantitative estimate of drug-likeness (QED) is 0.598. The molecule has 4 rings (SSSR count). The average molecular weight is 403 g/mol. The molecule has 3 aromatic rings. The summed E-state index contributed by atoms with van der Waals surface area (Å²) in [6.07, 6.45) is -2.60. The highest BCUT2D eigenvalue weighted by molar-refractivity contribution is 6.07. The Balaban J connectivity index is 1.88. The van der Waals surface area contributed by atoms with Gasteiger partial charge in [0.1, 0.15) is 0 Å². The van der Waals surface area contributed by atoms with Gasteiger partial charge in [-0.15, -0.1) is 0 Å². The number of piperidine rings is 1. The summed E-state index contributed by atoms with van der Waals surface area (Å²) in [5.74, 6) is 0.139. The van der Waals surface area contributed by atoms with E-state index in [4.69, 9.17) is 4.52 Å². The van der Waals surface area contributed by atoms with Crippen molar-refractivity contribution < 1.29 is 22.5 Å². The van der Waals surface area contributed by atoms with E-state index in [-0.39, 0.29) is 28.4 Å². The van der Waals surface area contributed by atoms with Crippen molar-refractivity contribution in [2.45, 2.75) is 32.9 Å². The molecule has 29 heavy (non-hydrogen) atoms. The molecule has 1 saturated heterocycles. The highest BCUT2D eigenvalue weighted by Crippen LogP contribution is 2.38. The molecule has 0 N–H and O–H groups in total. The largest absolute Gasteiger partial charge is 0.417 e. The Labute approximate surface area is 165 Å². The van der Waals surface area contributed by atoms with E-state index in [1.165, 1.54) is 24.3 Å². The summed E-state index contributed by atoms with van der Waals surface area (Å²) < 4.78 is 45.7. The lowest BCUT2D eigenvalue weighted by Crippen LogP contribution is -2.39. The van der Waals surface area contributed by atoms with Gasteiger partial charge in [-0.2, -0.15) is 13.2 Å². The number of carbonyl (C=O) groups excluding carboxylic acids is 1. The summed E-state index contributed by atoms with van der Waals surface area (Å²) in [7, 11) is 0. The Kier molecular flexibility index (Phi) is 4.80. The molecule has 5 nitrogen and oxygen atoms in total. The van der Waals surface area contributed by atoms with Crippen molar-refractivity contribution in [2.24, 2.45) is 5.92 Å². The first kappa shape index (κ1) is 19.4. The van der Waals surface area contributed by atoms with Crippen molar-refractivity contribution in [2.75, 3.05) is 13.1 Å². The SMILES string of the molecule is Cc1noc2nc(-c3ccccc3C(F)(F)F)cc(C(=O)N3CCCC(C)C3)c12. The van der Waals surface area contributed by atoms with Crippen LogP contribution < -0.4 is 0 Å². The molecule has 2 aromatic heterocycles. The number of halogens is 3. The first-order chi connectivity index (χ1) is 13.8. The van der Waals surface area contributed by atoms with Gasteiger partial charge in [-0.05, 0) is 37.8 Å². The molecule has 3 heterocycles. The number of alkyl halides is 3. The summed E-state index contributed by atoms with van der Waals surface area (Å²) in [5.41, 5.74) is -0.0585. The normalized spacial score (nSPS) is 17.7. The van der Waals surface area contributed by atoms with Gasteiger partial charge in [0, 0.05) is 18.7 Å². The van der Waals surface area contributed by atoms with E-state index in [9.17, 15) is 18.0 Å². The maximum atomic E-state index is 13.5. The van der Waals surface area contributed by atoms with Crippen LogP contribution in [-0.4, -0.2) is 34.0 Å². The summed E-state index contributed by atoms with van der Waals surface area (Å²) in [6.45, 7) is 5.00. The number of rotatable bonds is 2. The van der Waals surface area contributed by atoms with Crippen molar-refractivity contribution >= 4 is 17.0 Å². The van der Waals surface area contributed by atoms with Gasteiger partial charge in [0.05, 0.1) is 27.9 Å². The fourth-order valence-electron chi connectivity index (χ4n) is 3.90. The van der Waals surface area contributed by atoms with E-state index in [0.29, 0.717) is 30.1 Å². The Hall–Kier alpha value is -2.90. The molecule has 0 aliphatic carbocycles. The monoisotopic (exact) mass is 403 g/mol. The second-order valence-corrected chi connectivity index (χ2v) is 7.55. The molecule has 1 fully saturated rings.